The van der Waals surface area contributed by atoms with Gasteiger partial charge in [0.15, 0.2) is 11.4 Å². The minimum atomic E-state index is -0.540. The van der Waals surface area contributed by atoms with Gasteiger partial charge < -0.3 is 24.5 Å². The molecule has 1 fully saturated rings. The van der Waals surface area contributed by atoms with Crippen molar-refractivity contribution in [2.75, 3.05) is 5.75 Å². The monoisotopic (exact) mass is 657 g/mol. The minimum absolute atomic E-state index is 0.00484. The van der Waals surface area contributed by atoms with Gasteiger partial charge >= 0.3 is 0 Å². The summed E-state index contributed by atoms with van der Waals surface area (Å²) in [5, 5.41) is 13.4. The van der Waals surface area contributed by atoms with Crippen molar-refractivity contribution >= 4 is 28.7 Å². The molecule has 1 aliphatic heterocycles. The maximum Gasteiger partial charge on any atom is 0.271 e. The van der Waals surface area contributed by atoms with Crippen LogP contribution < -0.4 is 5.32 Å². The molecule has 4 aromatic carbocycles. The fraction of sp³-hybridized carbons (Fsp3) is 0.211. The van der Waals surface area contributed by atoms with Gasteiger partial charge in [-0.1, -0.05) is 90.6 Å². The lowest BCUT2D eigenvalue weighted by molar-refractivity contribution is -0.245. The Morgan fingerprint density at radius 1 is 0.896 bits per heavy atom. The van der Waals surface area contributed by atoms with Crippen LogP contribution in [0.3, 0.4) is 0 Å². The number of nitrogens with zero attached hydrogens (tertiary/aromatic N) is 4. The number of aliphatic hydroxyl groups excluding tert-OH is 1. The lowest BCUT2D eigenvalue weighted by atomic mass is 9.99. The van der Waals surface area contributed by atoms with Crippen molar-refractivity contribution in [3.8, 4) is 11.1 Å². The Morgan fingerprint density at radius 2 is 1.69 bits per heavy atom. The number of fused-ring (bicyclic) bond motifs is 1. The molecular formula is C38H35N5O4S. The molecule has 10 heteroatoms. The summed E-state index contributed by atoms with van der Waals surface area (Å²) >= 11 is 1.67. The van der Waals surface area contributed by atoms with Crippen LogP contribution in [0.5, 0.6) is 0 Å². The van der Waals surface area contributed by atoms with Crippen LogP contribution in [-0.2, 0) is 29.7 Å². The maximum absolute atomic E-state index is 12.8. The summed E-state index contributed by atoms with van der Waals surface area (Å²) in [6.07, 6.45) is 5.21. The number of hydrogen-bond donors (Lipinski definition) is 2. The number of ether oxygens (including phenoxy) is 2. The Bertz CT molecular complexity index is 2010. The molecule has 0 aliphatic carbocycles. The van der Waals surface area contributed by atoms with Crippen molar-refractivity contribution in [1.29, 1.82) is 0 Å². The molecular weight excluding hydrogens is 623 g/mol. The topological polar surface area (TPSA) is 111 Å². The molecule has 3 atom stereocenters. The van der Waals surface area contributed by atoms with E-state index in [0.29, 0.717) is 18.5 Å². The number of carbonyl (C=O) groups is 1. The van der Waals surface area contributed by atoms with Crippen LogP contribution in [0, 0.1) is 0 Å². The number of para-hydroxylation sites is 2. The van der Waals surface area contributed by atoms with Crippen molar-refractivity contribution in [1.82, 2.24) is 24.8 Å². The predicted molar refractivity (Wildman–Crippen MR) is 185 cm³/mol. The number of amides is 1. The SMILES string of the molecule is Cn1ccnc1SC[C@@H]1C[C@H](c2ccc(CO)cc2)O[C@H](c2ccc(-c3cccc(CNC(=O)c4cnc5ccccc5n4)c3)cc2)O1. The minimum Gasteiger partial charge on any atom is -0.392 e. The van der Waals surface area contributed by atoms with E-state index < -0.39 is 6.29 Å². The number of nitrogens with one attached hydrogen (secondary N) is 1. The molecule has 3 heterocycles. The Labute approximate surface area is 283 Å². The van der Waals surface area contributed by atoms with Crippen molar-refractivity contribution in [2.45, 2.75) is 43.2 Å². The third-order valence-electron chi connectivity index (χ3n) is 8.37. The highest BCUT2D eigenvalue weighted by molar-refractivity contribution is 7.99. The molecule has 0 saturated carbocycles. The third-order valence-corrected chi connectivity index (χ3v) is 9.56. The van der Waals surface area contributed by atoms with Crippen molar-refractivity contribution < 1.29 is 19.4 Å². The van der Waals surface area contributed by atoms with Gasteiger partial charge in [0, 0.05) is 43.7 Å². The van der Waals surface area contributed by atoms with E-state index in [0.717, 1.165) is 49.8 Å². The number of benzene rings is 4. The highest BCUT2D eigenvalue weighted by atomic mass is 32.2. The Kier molecular flexibility index (Phi) is 9.57. The van der Waals surface area contributed by atoms with E-state index in [-0.39, 0.29) is 30.4 Å². The van der Waals surface area contributed by atoms with Crippen LogP contribution in [0.1, 0.15) is 51.6 Å². The zero-order valence-electron chi connectivity index (χ0n) is 26.4. The highest BCUT2D eigenvalue weighted by Gasteiger charge is 2.32. The molecule has 1 saturated heterocycles. The maximum atomic E-state index is 12.8. The van der Waals surface area contributed by atoms with Gasteiger partial charge in [0.2, 0.25) is 0 Å². The van der Waals surface area contributed by atoms with Gasteiger partial charge in [0.25, 0.3) is 5.91 Å². The smallest absolute Gasteiger partial charge is 0.271 e. The lowest BCUT2D eigenvalue weighted by Gasteiger charge is -2.36. The molecule has 0 spiro atoms. The fourth-order valence-electron chi connectivity index (χ4n) is 5.71. The quantitative estimate of drug-likeness (QED) is 0.155. The molecule has 48 heavy (non-hydrogen) atoms. The number of rotatable bonds is 10. The van der Waals surface area contributed by atoms with Crippen LogP contribution in [0.4, 0.5) is 0 Å². The van der Waals surface area contributed by atoms with Gasteiger partial charge in [0.05, 0.1) is 36.0 Å². The Hall–Kier alpha value is -4.87. The molecule has 7 rings (SSSR count). The number of thioether (sulfide) groups is 1. The zero-order valence-corrected chi connectivity index (χ0v) is 27.2. The summed E-state index contributed by atoms with van der Waals surface area (Å²) in [4.78, 5) is 26.1. The average Bonchev–Trinajstić information content (AvgIpc) is 3.57. The van der Waals surface area contributed by atoms with E-state index in [2.05, 4.69) is 44.5 Å². The summed E-state index contributed by atoms with van der Waals surface area (Å²) in [7, 11) is 1.99. The first-order valence-corrected chi connectivity index (χ1v) is 16.8. The first-order chi connectivity index (χ1) is 23.5. The van der Waals surface area contributed by atoms with E-state index in [9.17, 15) is 9.90 Å². The molecule has 9 nitrogen and oxygen atoms in total. The summed E-state index contributed by atoms with van der Waals surface area (Å²) < 4.78 is 15.1. The van der Waals surface area contributed by atoms with Crippen LogP contribution in [0.25, 0.3) is 22.2 Å². The number of carbonyl (C=O) groups excluding carboxylic acids is 1. The molecule has 0 unspecified atom stereocenters. The van der Waals surface area contributed by atoms with E-state index >= 15 is 0 Å². The summed E-state index contributed by atoms with van der Waals surface area (Å²) in [5.41, 5.74) is 7.63. The van der Waals surface area contributed by atoms with Crippen molar-refractivity contribution in [2.24, 2.45) is 7.05 Å². The number of imidazole rings is 1. The number of hydrogen-bond acceptors (Lipinski definition) is 8. The van der Waals surface area contributed by atoms with E-state index in [1.807, 2.05) is 90.6 Å². The zero-order chi connectivity index (χ0) is 32.9. The molecule has 242 valence electrons. The van der Waals surface area contributed by atoms with Gasteiger partial charge in [-0.25, -0.2) is 9.97 Å². The van der Waals surface area contributed by atoms with E-state index in [1.54, 1.807) is 18.0 Å². The normalized spacial score (nSPS) is 17.8. The average molecular weight is 658 g/mol. The Morgan fingerprint density at radius 3 is 2.46 bits per heavy atom. The number of aromatic nitrogens is 4. The predicted octanol–water partition coefficient (Wildman–Crippen LogP) is 6.79. The number of aliphatic hydroxyl groups is 1. The van der Waals surface area contributed by atoms with Crippen LogP contribution in [0.2, 0.25) is 0 Å². The second-order valence-electron chi connectivity index (χ2n) is 11.7. The molecule has 2 aromatic heterocycles. The first kappa shape index (κ1) is 31.7. The van der Waals surface area contributed by atoms with Gasteiger partial charge in [-0.2, -0.15) is 0 Å². The van der Waals surface area contributed by atoms with Crippen LogP contribution in [0.15, 0.2) is 121 Å². The van der Waals surface area contributed by atoms with E-state index in [4.69, 9.17) is 9.47 Å². The number of aryl methyl sites for hydroxylation is 1. The molecule has 1 amide bonds. The second-order valence-corrected chi connectivity index (χ2v) is 12.7. The molecule has 1 aliphatic rings. The summed E-state index contributed by atoms with van der Waals surface area (Å²) in [6, 6.07) is 31.8. The van der Waals surface area contributed by atoms with Crippen LogP contribution >= 0.6 is 11.8 Å². The van der Waals surface area contributed by atoms with E-state index in [1.165, 1.54) is 6.20 Å². The van der Waals surface area contributed by atoms with Gasteiger partial charge in [0.1, 0.15) is 5.69 Å². The van der Waals surface area contributed by atoms with Gasteiger partial charge in [-0.15, -0.1) is 0 Å². The highest BCUT2D eigenvalue weighted by Crippen LogP contribution is 2.39. The molecule has 2 N–H and O–H groups in total. The largest absolute Gasteiger partial charge is 0.392 e. The lowest BCUT2D eigenvalue weighted by Crippen LogP contribution is -2.31. The second kappa shape index (κ2) is 14.5. The van der Waals surface area contributed by atoms with Gasteiger partial charge in [-0.3, -0.25) is 9.78 Å². The molecule has 0 bridgehead atoms. The summed E-state index contributed by atoms with van der Waals surface area (Å²) in [6.45, 7) is 0.367. The summed E-state index contributed by atoms with van der Waals surface area (Å²) in [5.74, 6) is 0.472. The first-order valence-electron chi connectivity index (χ1n) is 15.8. The molecule has 0 radical (unpaired) electrons. The van der Waals surface area contributed by atoms with Crippen LogP contribution in [-0.4, -0.2) is 42.4 Å². The van der Waals surface area contributed by atoms with Gasteiger partial charge in [-0.05, 0) is 46.0 Å². The standard InChI is InChI=1S/C38H35N5O4S/c1-43-18-17-39-38(43)48-24-31-20-35(28-11-9-25(23-44)10-12-28)47-37(46-31)29-15-13-27(14-16-29)30-6-4-5-26(19-30)21-41-36(45)34-22-40-32-7-2-3-8-33(32)42-34/h2-19,22,31,35,37,44H,20-21,23-24H2,1H3,(H,41,45)/t31-,35+,37+/m0/s1. The fourth-order valence-corrected chi connectivity index (χ4v) is 6.66. The van der Waals surface area contributed by atoms with Crippen molar-refractivity contribution in [3.63, 3.8) is 0 Å². The Balaban J connectivity index is 1.04. The molecule has 6 aromatic rings. The third kappa shape index (κ3) is 7.32. The van der Waals surface area contributed by atoms with Crippen molar-refractivity contribution in [3.05, 3.63) is 144 Å².